The molecule has 2 rings (SSSR count). The molecular formula is C14H18FNO. The Labute approximate surface area is 101 Å². The third-order valence-electron chi connectivity index (χ3n) is 3.75. The molecule has 1 fully saturated rings. The second-order valence-corrected chi connectivity index (χ2v) is 4.86. The summed E-state index contributed by atoms with van der Waals surface area (Å²) in [6.45, 7) is 2.35. The van der Waals surface area contributed by atoms with Crippen LogP contribution in [0.1, 0.15) is 35.2 Å². The number of rotatable bonds is 3. The molecule has 2 atom stereocenters. The molecule has 0 spiro atoms. The number of ketones is 1. The molecule has 1 aliphatic rings. The van der Waals surface area contributed by atoms with Crippen molar-refractivity contribution in [2.75, 3.05) is 6.54 Å². The van der Waals surface area contributed by atoms with Crippen LogP contribution in [0.15, 0.2) is 18.2 Å². The third-order valence-corrected chi connectivity index (χ3v) is 3.75. The second-order valence-electron chi connectivity index (χ2n) is 4.86. The highest BCUT2D eigenvalue weighted by Crippen LogP contribution is 2.34. The number of hydrogen-bond acceptors (Lipinski definition) is 2. The molecule has 3 heteroatoms. The molecule has 0 heterocycles. The zero-order valence-electron chi connectivity index (χ0n) is 10.1. The van der Waals surface area contributed by atoms with Gasteiger partial charge >= 0.3 is 0 Å². The van der Waals surface area contributed by atoms with E-state index in [2.05, 4.69) is 0 Å². The zero-order valence-corrected chi connectivity index (χ0v) is 10.1. The van der Waals surface area contributed by atoms with Crippen LogP contribution in [0.3, 0.4) is 0 Å². The first kappa shape index (κ1) is 12.2. The monoisotopic (exact) mass is 235 g/mol. The Hall–Kier alpha value is -1.22. The summed E-state index contributed by atoms with van der Waals surface area (Å²) in [4.78, 5) is 12.4. The standard InChI is InChI=1S/C14H18FNO/c1-9-7-11(15)5-6-12(9)14(17)13-4-2-3-10(13)8-16/h5-7,10,13H,2-4,8,16H2,1H3. The van der Waals surface area contributed by atoms with Gasteiger partial charge in [0.25, 0.3) is 0 Å². The summed E-state index contributed by atoms with van der Waals surface area (Å²) in [6, 6.07) is 4.37. The van der Waals surface area contributed by atoms with Gasteiger partial charge in [0.1, 0.15) is 5.82 Å². The van der Waals surface area contributed by atoms with Crippen LogP contribution < -0.4 is 5.73 Å². The average Bonchev–Trinajstić information content (AvgIpc) is 2.76. The molecule has 0 bridgehead atoms. The second kappa shape index (κ2) is 4.96. The lowest BCUT2D eigenvalue weighted by atomic mass is 9.87. The van der Waals surface area contributed by atoms with Crippen molar-refractivity contribution in [2.45, 2.75) is 26.2 Å². The summed E-state index contributed by atoms with van der Waals surface area (Å²) in [5.74, 6) is 0.174. The van der Waals surface area contributed by atoms with E-state index in [0.717, 1.165) is 24.8 Å². The van der Waals surface area contributed by atoms with Crippen LogP contribution in [-0.2, 0) is 0 Å². The molecule has 2 unspecified atom stereocenters. The summed E-state index contributed by atoms with van der Waals surface area (Å²) >= 11 is 0. The SMILES string of the molecule is Cc1cc(F)ccc1C(=O)C1CCCC1CN. The number of halogens is 1. The number of aryl methyl sites for hydroxylation is 1. The van der Waals surface area contributed by atoms with Crippen molar-refractivity contribution in [3.05, 3.63) is 35.1 Å². The van der Waals surface area contributed by atoms with E-state index in [-0.39, 0.29) is 17.5 Å². The van der Waals surface area contributed by atoms with Crippen molar-refractivity contribution in [3.8, 4) is 0 Å². The van der Waals surface area contributed by atoms with Crippen LogP contribution in [0, 0.1) is 24.6 Å². The Morgan fingerprint density at radius 3 is 2.88 bits per heavy atom. The van der Waals surface area contributed by atoms with Gasteiger partial charge in [-0.1, -0.05) is 6.42 Å². The maximum atomic E-state index is 13.0. The molecule has 0 aromatic heterocycles. The Bertz CT molecular complexity index is 430. The van der Waals surface area contributed by atoms with Crippen molar-refractivity contribution < 1.29 is 9.18 Å². The minimum absolute atomic E-state index is 0.0316. The van der Waals surface area contributed by atoms with Gasteiger partial charge < -0.3 is 5.73 Å². The zero-order chi connectivity index (χ0) is 12.4. The van der Waals surface area contributed by atoms with E-state index in [9.17, 15) is 9.18 Å². The fourth-order valence-corrected chi connectivity index (χ4v) is 2.77. The van der Waals surface area contributed by atoms with Crippen molar-refractivity contribution in [2.24, 2.45) is 17.6 Å². The van der Waals surface area contributed by atoms with Gasteiger partial charge in [0.2, 0.25) is 0 Å². The first-order chi connectivity index (χ1) is 8.13. The molecule has 1 saturated carbocycles. The molecule has 1 aliphatic carbocycles. The highest BCUT2D eigenvalue weighted by atomic mass is 19.1. The van der Waals surface area contributed by atoms with Crippen molar-refractivity contribution in [3.63, 3.8) is 0 Å². The lowest BCUT2D eigenvalue weighted by Gasteiger charge is -2.17. The molecule has 2 nitrogen and oxygen atoms in total. The number of Topliss-reactive ketones (excluding diaryl/α,β-unsaturated/α-hetero) is 1. The van der Waals surface area contributed by atoms with Crippen LogP contribution in [-0.4, -0.2) is 12.3 Å². The summed E-state index contributed by atoms with van der Waals surface area (Å²) in [5.41, 5.74) is 7.06. The molecule has 0 amide bonds. The quantitative estimate of drug-likeness (QED) is 0.818. The average molecular weight is 235 g/mol. The highest BCUT2D eigenvalue weighted by molar-refractivity contribution is 5.99. The fourth-order valence-electron chi connectivity index (χ4n) is 2.77. The van der Waals surface area contributed by atoms with Gasteiger partial charge in [0.15, 0.2) is 5.78 Å². The Morgan fingerprint density at radius 2 is 2.24 bits per heavy atom. The molecule has 1 aromatic rings. The van der Waals surface area contributed by atoms with Crippen LogP contribution >= 0.6 is 0 Å². The number of benzene rings is 1. The highest BCUT2D eigenvalue weighted by Gasteiger charge is 2.32. The van der Waals surface area contributed by atoms with Gasteiger partial charge in [-0.25, -0.2) is 4.39 Å². The van der Waals surface area contributed by atoms with E-state index in [0.29, 0.717) is 18.0 Å². The van der Waals surface area contributed by atoms with E-state index in [1.165, 1.54) is 12.1 Å². The van der Waals surface area contributed by atoms with E-state index in [1.54, 1.807) is 13.0 Å². The molecule has 1 aromatic carbocycles. The van der Waals surface area contributed by atoms with Gasteiger partial charge in [0, 0.05) is 11.5 Å². The summed E-state index contributed by atoms with van der Waals surface area (Å²) in [7, 11) is 0. The Morgan fingerprint density at radius 1 is 1.47 bits per heavy atom. The maximum Gasteiger partial charge on any atom is 0.166 e. The molecule has 0 radical (unpaired) electrons. The Kier molecular flexibility index (Phi) is 3.57. The van der Waals surface area contributed by atoms with Gasteiger partial charge in [-0.15, -0.1) is 0 Å². The molecule has 0 saturated heterocycles. The number of hydrogen-bond donors (Lipinski definition) is 1. The molecule has 92 valence electrons. The minimum Gasteiger partial charge on any atom is -0.330 e. The van der Waals surface area contributed by atoms with E-state index >= 15 is 0 Å². The summed E-state index contributed by atoms with van der Waals surface area (Å²) in [6.07, 6.45) is 3.02. The maximum absolute atomic E-state index is 13.0. The van der Waals surface area contributed by atoms with Gasteiger partial charge in [-0.2, -0.15) is 0 Å². The van der Waals surface area contributed by atoms with E-state index in [1.807, 2.05) is 0 Å². The first-order valence-corrected chi connectivity index (χ1v) is 6.14. The topological polar surface area (TPSA) is 43.1 Å². The van der Waals surface area contributed by atoms with Gasteiger partial charge in [-0.3, -0.25) is 4.79 Å². The van der Waals surface area contributed by atoms with Crippen molar-refractivity contribution >= 4 is 5.78 Å². The number of carbonyl (C=O) groups excluding carboxylic acids is 1. The predicted molar refractivity (Wildman–Crippen MR) is 65.4 cm³/mol. The molecule has 17 heavy (non-hydrogen) atoms. The minimum atomic E-state index is -0.291. The third kappa shape index (κ3) is 2.39. The van der Waals surface area contributed by atoms with Gasteiger partial charge in [-0.05, 0) is 56.0 Å². The summed E-state index contributed by atoms with van der Waals surface area (Å²) < 4.78 is 13.0. The first-order valence-electron chi connectivity index (χ1n) is 6.14. The van der Waals surface area contributed by atoms with Crippen molar-refractivity contribution in [1.82, 2.24) is 0 Å². The van der Waals surface area contributed by atoms with Crippen LogP contribution in [0.4, 0.5) is 4.39 Å². The molecule has 2 N–H and O–H groups in total. The normalized spacial score (nSPS) is 23.9. The van der Waals surface area contributed by atoms with E-state index < -0.39 is 0 Å². The van der Waals surface area contributed by atoms with E-state index in [4.69, 9.17) is 5.73 Å². The van der Waals surface area contributed by atoms with Crippen LogP contribution in [0.2, 0.25) is 0 Å². The lowest BCUT2D eigenvalue weighted by molar-refractivity contribution is 0.0893. The largest absolute Gasteiger partial charge is 0.330 e. The predicted octanol–water partition coefficient (Wildman–Crippen LogP) is 2.69. The van der Waals surface area contributed by atoms with Crippen LogP contribution in [0.5, 0.6) is 0 Å². The fraction of sp³-hybridized carbons (Fsp3) is 0.500. The molecule has 0 aliphatic heterocycles. The molecular weight excluding hydrogens is 217 g/mol. The number of nitrogens with two attached hydrogens (primary N) is 1. The van der Waals surface area contributed by atoms with Gasteiger partial charge in [0.05, 0.1) is 0 Å². The van der Waals surface area contributed by atoms with Crippen molar-refractivity contribution in [1.29, 1.82) is 0 Å². The van der Waals surface area contributed by atoms with Crippen LogP contribution in [0.25, 0.3) is 0 Å². The number of carbonyl (C=O) groups is 1. The smallest absolute Gasteiger partial charge is 0.166 e. The summed E-state index contributed by atoms with van der Waals surface area (Å²) in [5, 5.41) is 0. The Balaban J connectivity index is 2.24. The lowest BCUT2D eigenvalue weighted by Crippen LogP contribution is -2.25.